The highest BCUT2D eigenvalue weighted by Gasteiger charge is 2.40. The van der Waals surface area contributed by atoms with E-state index in [1.165, 1.54) is 43.9 Å². The molecule has 1 fully saturated rings. The summed E-state index contributed by atoms with van der Waals surface area (Å²) in [6.07, 6.45) is 0. The van der Waals surface area contributed by atoms with Crippen LogP contribution in [0.5, 0.6) is 0 Å². The Hall–Kier alpha value is -5.33. The molecule has 0 saturated carbocycles. The SMILES string of the molecule is Cc1c(-c2ccccc2F)nc2cccc(Cl)c2c1N1CC(C)(C)c2ccc(I)cc21.Cc1c(-c2ccccc2F)nc2cccc(Cl)c2c1N1CC(C)(C)c2ccc(N3CCOCC3)cc21. The first kappa shape index (κ1) is 45.5. The Morgan fingerprint density at radius 2 is 1.04 bits per heavy atom. The lowest BCUT2D eigenvalue weighted by atomic mass is 9.87. The Morgan fingerprint density at radius 3 is 1.54 bits per heavy atom. The van der Waals surface area contributed by atoms with Gasteiger partial charge in [-0.25, -0.2) is 18.7 Å². The molecule has 0 bridgehead atoms. The van der Waals surface area contributed by atoms with Crippen molar-refractivity contribution < 1.29 is 13.5 Å². The summed E-state index contributed by atoms with van der Waals surface area (Å²) in [5, 5.41) is 3.11. The fraction of sp³-hybridized carbons (Fsp3) is 0.250. The second-order valence-corrected chi connectivity index (χ2v) is 21.1. The molecule has 6 nitrogen and oxygen atoms in total. The first-order chi connectivity index (χ1) is 32.1. The number of halogens is 5. The molecule has 0 unspecified atom stereocenters. The number of anilines is 5. The molecule has 340 valence electrons. The molecule has 0 amide bonds. The topological polar surface area (TPSA) is 44.7 Å². The highest BCUT2D eigenvalue weighted by Crippen LogP contribution is 2.52. The summed E-state index contributed by atoms with van der Waals surface area (Å²) in [4.78, 5) is 16.9. The van der Waals surface area contributed by atoms with E-state index in [1.54, 1.807) is 24.3 Å². The minimum Gasteiger partial charge on any atom is -0.378 e. The zero-order valence-corrected chi connectivity index (χ0v) is 42.0. The summed E-state index contributed by atoms with van der Waals surface area (Å²) in [6.45, 7) is 18.0. The van der Waals surface area contributed by atoms with Gasteiger partial charge in [-0.1, -0.05) is 99.4 Å². The van der Waals surface area contributed by atoms with Crippen LogP contribution in [0.15, 0.2) is 121 Å². The number of aromatic nitrogens is 2. The molecule has 5 heterocycles. The van der Waals surface area contributed by atoms with Gasteiger partial charge in [-0.15, -0.1) is 0 Å². The summed E-state index contributed by atoms with van der Waals surface area (Å²) in [6, 6.07) is 38.5. The molecule has 0 radical (unpaired) electrons. The Balaban J connectivity index is 0.000000159. The van der Waals surface area contributed by atoms with Gasteiger partial charge in [0.25, 0.3) is 0 Å². The highest BCUT2D eigenvalue weighted by molar-refractivity contribution is 14.1. The first-order valence-electron chi connectivity index (χ1n) is 22.6. The van der Waals surface area contributed by atoms with Crippen molar-refractivity contribution in [1.29, 1.82) is 0 Å². The van der Waals surface area contributed by atoms with Crippen LogP contribution in [0, 0.1) is 29.1 Å². The predicted octanol–water partition coefficient (Wildman–Crippen LogP) is 15.3. The minimum atomic E-state index is -0.280. The number of hydrogen-bond acceptors (Lipinski definition) is 6. The molecule has 0 N–H and O–H groups in total. The normalized spacial score (nSPS) is 16.0. The molecular weight excluding hydrogens is 994 g/mol. The number of pyridine rings is 2. The van der Waals surface area contributed by atoms with E-state index in [9.17, 15) is 8.78 Å². The zero-order valence-electron chi connectivity index (χ0n) is 38.3. The molecule has 8 aromatic rings. The van der Waals surface area contributed by atoms with Gasteiger partial charge < -0.3 is 19.4 Å². The van der Waals surface area contributed by atoms with Gasteiger partial charge in [-0.05, 0) is 131 Å². The average molecular weight is 1040 g/mol. The van der Waals surface area contributed by atoms with E-state index in [-0.39, 0.29) is 22.5 Å². The highest BCUT2D eigenvalue weighted by atomic mass is 127. The summed E-state index contributed by atoms with van der Waals surface area (Å²) >= 11 is 15.9. The lowest BCUT2D eigenvalue weighted by Crippen LogP contribution is -2.36. The van der Waals surface area contributed by atoms with E-state index in [4.69, 9.17) is 37.9 Å². The molecule has 67 heavy (non-hydrogen) atoms. The lowest BCUT2D eigenvalue weighted by molar-refractivity contribution is 0.122. The van der Waals surface area contributed by atoms with Gasteiger partial charge in [0.1, 0.15) is 11.6 Å². The van der Waals surface area contributed by atoms with E-state index in [1.807, 2.05) is 62.4 Å². The van der Waals surface area contributed by atoms with Crippen molar-refractivity contribution in [2.45, 2.75) is 52.4 Å². The van der Waals surface area contributed by atoms with Crippen LogP contribution in [-0.2, 0) is 15.6 Å². The van der Waals surface area contributed by atoms with E-state index in [0.29, 0.717) is 32.6 Å². The third kappa shape index (κ3) is 8.09. The monoisotopic (exact) mass is 1040 g/mol. The van der Waals surface area contributed by atoms with E-state index < -0.39 is 0 Å². The number of hydrogen-bond donors (Lipinski definition) is 0. The van der Waals surface area contributed by atoms with Gasteiger partial charge in [-0.3, -0.25) is 0 Å². The van der Waals surface area contributed by atoms with Gasteiger partial charge in [-0.2, -0.15) is 0 Å². The number of morpholine rings is 1. The predicted molar refractivity (Wildman–Crippen MR) is 282 cm³/mol. The number of rotatable bonds is 5. The number of ether oxygens (including phenoxy) is 1. The fourth-order valence-corrected chi connectivity index (χ4v) is 11.4. The van der Waals surface area contributed by atoms with E-state index in [2.05, 4.69) is 101 Å². The molecule has 1 saturated heterocycles. The van der Waals surface area contributed by atoms with Crippen LogP contribution in [0.1, 0.15) is 49.9 Å². The van der Waals surface area contributed by atoms with E-state index in [0.717, 1.165) is 83.7 Å². The van der Waals surface area contributed by atoms with Gasteiger partial charge in [0.15, 0.2) is 0 Å². The largest absolute Gasteiger partial charge is 0.378 e. The van der Waals surface area contributed by atoms with Crippen LogP contribution in [-0.4, -0.2) is 49.4 Å². The van der Waals surface area contributed by atoms with Crippen molar-refractivity contribution in [1.82, 2.24) is 9.97 Å². The zero-order chi connectivity index (χ0) is 46.9. The molecule has 11 heteroatoms. The smallest absolute Gasteiger partial charge is 0.132 e. The molecule has 3 aliphatic heterocycles. The Bertz CT molecular complexity index is 3260. The third-order valence-electron chi connectivity index (χ3n) is 13.6. The van der Waals surface area contributed by atoms with Crippen LogP contribution in [0.2, 0.25) is 10.0 Å². The van der Waals surface area contributed by atoms with Crippen molar-refractivity contribution in [3.63, 3.8) is 0 Å². The molecule has 2 aromatic heterocycles. The van der Waals surface area contributed by atoms with Gasteiger partial charge in [0.05, 0.1) is 57.1 Å². The summed E-state index contributed by atoms with van der Waals surface area (Å²) < 4.78 is 36.5. The quantitative estimate of drug-likeness (QED) is 0.160. The molecule has 0 atom stereocenters. The Kier molecular flexibility index (Phi) is 12.0. The van der Waals surface area contributed by atoms with Crippen molar-refractivity contribution in [3.8, 4) is 22.5 Å². The standard InChI is InChI=1S/C30H29ClFN3O.C26H21ClFIN2/c1-19-28(21-7-4-5-9-24(21)32)33-25-10-6-8-23(31)27(25)29(19)35-18-30(2,3)22-12-11-20(17-26(22)35)34-13-15-36-16-14-34;1-15-24(17-7-4-5-9-20(17)28)30-21-10-6-8-19(27)23(21)25(15)31-14-26(2,3)18-12-11-16(29)13-22(18)31/h4-12,17H,13-16,18H2,1-3H3;4-13H,14H2,1-3H3. The molecular formula is C56H50Cl2F2IN5O. The Labute approximate surface area is 414 Å². The van der Waals surface area contributed by atoms with Crippen LogP contribution < -0.4 is 14.7 Å². The third-order valence-corrected chi connectivity index (χ3v) is 14.9. The van der Waals surface area contributed by atoms with Gasteiger partial charge in [0.2, 0.25) is 0 Å². The van der Waals surface area contributed by atoms with Crippen molar-refractivity contribution >= 4 is 96.0 Å². The first-order valence-corrected chi connectivity index (χ1v) is 24.5. The Morgan fingerprint density at radius 1 is 0.582 bits per heavy atom. The molecule has 11 rings (SSSR count). The molecule has 0 aliphatic carbocycles. The maximum absolute atomic E-state index is 15.0. The number of benzene rings is 6. The summed E-state index contributed by atoms with van der Waals surface area (Å²) in [5.74, 6) is -0.556. The maximum Gasteiger partial charge on any atom is 0.132 e. The summed E-state index contributed by atoms with van der Waals surface area (Å²) in [7, 11) is 0. The van der Waals surface area contributed by atoms with Crippen molar-refractivity contribution in [3.05, 3.63) is 169 Å². The van der Waals surface area contributed by atoms with Gasteiger partial charge >= 0.3 is 0 Å². The second kappa shape index (κ2) is 17.6. The fourth-order valence-electron chi connectivity index (χ4n) is 10.4. The van der Waals surface area contributed by atoms with E-state index >= 15 is 0 Å². The van der Waals surface area contributed by atoms with Crippen LogP contribution in [0.25, 0.3) is 44.3 Å². The van der Waals surface area contributed by atoms with Crippen LogP contribution >= 0.6 is 45.8 Å². The van der Waals surface area contributed by atoms with Crippen molar-refractivity contribution in [2.24, 2.45) is 0 Å². The lowest BCUT2D eigenvalue weighted by Gasteiger charge is -2.30. The summed E-state index contributed by atoms with van der Waals surface area (Å²) in [5.41, 5.74) is 13.7. The maximum atomic E-state index is 15.0. The average Bonchev–Trinajstić information content (AvgIpc) is 3.73. The number of nitrogens with zero attached hydrogens (tertiary/aromatic N) is 5. The minimum absolute atomic E-state index is 0.0267. The van der Waals surface area contributed by atoms with Gasteiger partial charge in [0, 0.05) is 79.5 Å². The number of fused-ring (bicyclic) bond motifs is 4. The van der Waals surface area contributed by atoms with Crippen molar-refractivity contribution in [2.75, 3.05) is 54.1 Å². The second-order valence-electron chi connectivity index (χ2n) is 19.0. The molecule has 6 aromatic carbocycles. The van der Waals surface area contributed by atoms with Crippen LogP contribution in [0.3, 0.4) is 0 Å². The van der Waals surface area contributed by atoms with Crippen LogP contribution in [0.4, 0.5) is 37.2 Å². The molecule has 0 spiro atoms. The molecule has 3 aliphatic rings.